The summed E-state index contributed by atoms with van der Waals surface area (Å²) in [6.45, 7) is 2.51. The van der Waals surface area contributed by atoms with E-state index >= 15 is 0 Å². The Morgan fingerprint density at radius 1 is 1.33 bits per heavy atom. The first-order valence-electron chi connectivity index (χ1n) is 5.75. The van der Waals surface area contributed by atoms with Gasteiger partial charge in [0.05, 0.1) is 6.54 Å². The highest BCUT2D eigenvalue weighted by Gasteiger charge is 2.14. The van der Waals surface area contributed by atoms with Gasteiger partial charge in [0.15, 0.2) is 0 Å². The largest absolute Gasteiger partial charge is 0.481 e. The molecule has 0 bridgehead atoms. The number of nitrogens with zero attached hydrogens (tertiary/aromatic N) is 1. The standard InChI is InChI=1S/C12H18N2O4/c1-3-8-14(9-4-2)12(18)13-10(15)6-5-7-11(16)17/h1H,4-9H2,2H3,(H,16,17)(H,13,15,18). The van der Waals surface area contributed by atoms with Crippen molar-refractivity contribution >= 4 is 17.9 Å². The van der Waals surface area contributed by atoms with Gasteiger partial charge in [0.25, 0.3) is 0 Å². The molecular weight excluding hydrogens is 236 g/mol. The summed E-state index contributed by atoms with van der Waals surface area (Å²) in [5.41, 5.74) is 0. The smallest absolute Gasteiger partial charge is 0.324 e. The highest BCUT2D eigenvalue weighted by atomic mass is 16.4. The topological polar surface area (TPSA) is 86.7 Å². The maximum Gasteiger partial charge on any atom is 0.324 e. The van der Waals surface area contributed by atoms with Gasteiger partial charge in [-0.3, -0.25) is 14.9 Å². The summed E-state index contributed by atoms with van der Waals surface area (Å²) < 4.78 is 0. The minimum atomic E-state index is -0.964. The van der Waals surface area contributed by atoms with Crippen LogP contribution in [-0.4, -0.2) is 41.0 Å². The van der Waals surface area contributed by atoms with E-state index in [-0.39, 0.29) is 25.8 Å². The lowest BCUT2D eigenvalue weighted by Gasteiger charge is -2.19. The Balaban J connectivity index is 4.07. The molecule has 0 rings (SSSR count). The molecule has 0 spiro atoms. The number of imide groups is 1. The van der Waals surface area contributed by atoms with Crippen molar-refractivity contribution in [2.75, 3.05) is 13.1 Å². The van der Waals surface area contributed by atoms with Crippen LogP contribution < -0.4 is 5.32 Å². The number of carboxylic acid groups (broad SMARTS) is 1. The molecule has 0 aliphatic rings. The molecule has 0 aromatic carbocycles. The van der Waals surface area contributed by atoms with Gasteiger partial charge >= 0.3 is 12.0 Å². The maximum absolute atomic E-state index is 11.6. The third kappa shape index (κ3) is 7.28. The number of carbonyl (C=O) groups excluding carboxylic acids is 2. The van der Waals surface area contributed by atoms with Crippen molar-refractivity contribution < 1.29 is 19.5 Å². The Bertz CT molecular complexity index is 346. The molecule has 0 saturated heterocycles. The number of carbonyl (C=O) groups is 3. The van der Waals surface area contributed by atoms with Crippen molar-refractivity contribution in [1.29, 1.82) is 0 Å². The number of rotatable bonds is 7. The lowest BCUT2D eigenvalue weighted by Crippen LogP contribution is -2.43. The van der Waals surface area contributed by atoms with E-state index in [1.165, 1.54) is 4.90 Å². The number of aliphatic carboxylic acids is 1. The van der Waals surface area contributed by atoms with E-state index in [1.807, 2.05) is 6.92 Å². The fourth-order valence-electron chi connectivity index (χ4n) is 1.29. The van der Waals surface area contributed by atoms with Crippen molar-refractivity contribution in [1.82, 2.24) is 10.2 Å². The van der Waals surface area contributed by atoms with Gasteiger partial charge in [0, 0.05) is 19.4 Å². The Kier molecular flexibility index (Phi) is 8.03. The van der Waals surface area contributed by atoms with E-state index in [1.54, 1.807) is 0 Å². The number of hydrogen-bond donors (Lipinski definition) is 2. The van der Waals surface area contributed by atoms with Crippen LogP contribution in [0.1, 0.15) is 32.6 Å². The molecule has 0 fully saturated rings. The van der Waals surface area contributed by atoms with E-state index in [0.29, 0.717) is 6.54 Å². The molecule has 6 heteroatoms. The van der Waals surface area contributed by atoms with Gasteiger partial charge in [-0.1, -0.05) is 12.8 Å². The quantitative estimate of drug-likeness (QED) is 0.658. The van der Waals surface area contributed by atoms with Crippen molar-refractivity contribution in [2.24, 2.45) is 0 Å². The molecule has 3 amide bonds. The van der Waals surface area contributed by atoms with Crippen molar-refractivity contribution in [3.05, 3.63) is 0 Å². The van der Waals surface area contributed by atoms with Crippen LogP contribution in [0.2, 0.25) is 0 Å². The molecule has 0 aromatic heterocycles. The molecule has 0 radical (unpaired) electrons. The SMILES string of the molecule is C#CCN(CCC)C(=O)NC(=O)CCCC(=O)O. The average Bonchev–Trinajstić information content (AvgIpc) is 2.28. The van der Waals surface area contributed by atoms with Crippen LogP contribution in [0.4, 0.5) is 4.79 Å². The van der Waals surface area contributed by atoms with Crippen LogP contribution >= 0.6 is 0 Å². The summed E-state index contributed by atoms with van der Waals surface area (Å²) in [6, 6.07) is -0.532. The first-order valence-corrected chi connectivity index (χ1v) is 5.75. The van der Waals surface area contributed by atoms with Gasteiger partial charge in [-0.05, 0) is 12.8 Å². The van der Waals surface area contributed by atoms with Gasteiger partial charge in [-0.2, -0.15) is 0 Å². The van der Waals surface area contributed by atoms with Crippen molar-refractivity contribution in [3.63, 3.8) is 0 Å². The summed E-state index contributed by atoms with van der Waals surface area (Å²) in [5.74, 6) is 0.890. The molecule has 0 aliphatic carbocycles. The second-order valence-corrected chi connectivity index (χ2v) is 3.73. The summed E-state index contributed by atoms with van der Waals surface area (Å²) in [6.07, 6.45) is 5.98. The molecule has 0 atom stereocenters. The number of hydrogen-bond acceptors (Lipinski definition) is 3. The first kappa shape index (κ1) is 16.0. The van der Waals surface area contributed by atoms with Gasteiger partial charge in [-0.15, -0.1) is 6.42 Å². The Labute approximate surface area is 106 Å². The molecule has 18 heavy (non-hydrogen) atoms. The van der Waals surface area contributed by atoms with Gasteiger partial charge in [0.1, 0.15) is 0 Å². The zero-order valence-corrected chi connectivity index (χ0v) is 10.4. The highest BCUT2D eigenvalue weighted by Crippen LogP contribution is 1.97. The van der Waals surface area contributed by atoms with Crippen LogP contribution in [0, 0.1) is 12.3 Å². The number of amides is 3. The Morgan fingerprint density at radius 2 is 2.00 bits per heavy atom. The molecule has 0 unspecified atom stereocenters. The lowest BCUT2D eigenvalue weighted by molar-refractivity contribution is -0.137. The van der Waals surface area contributed by atoms with Gasteiger partial charge in [-0.25, -0.2) is 4.79 Å². The summed E-state index contributed by atoms with van der Waals surface area (Å²) in [5, 5.41) is 10.6. The third-order valence-electron chi connectivity index (χ3n) is 2.10. The molecule has 2 N–H and O–H groups in total. The van der Waals surface area contributed by atoms with E-state index < -0.39 is 17.9 Å². The average molecular weight is 254 g/mol. The number of nitrogens with one attached hydrogen (secondary N) is 1. The first-order chi connectivity index (χ1) is 8.51. The third-order valence-corrected chi connectivity index (χ3v) is 2.10. The molecular formula is C12H18N2O4. The molecule has 100 valence electrons. The molecule has 0 aliphatic heterocycles. The summed E-state index contributed by atoms with van der Waals surface area (Å²) in [7, 11) is 0. The Morgan fingerprint density at radius 3 is 2.50 bits per heavy atom. The van der Waals surface area contributed by atoms with Crippen LogP contribution in [0.15, 0.2) is 0 Å². The van der Waals surface area contributed by atoms with Crippen LogP contribution in [0.3, 0.4) is 0 Å². The van der Waals surface area contributed by atoms with Gasteiger partial charge < -0.3 is 10.0 Å². The molecule has 0 aromatic rings. The van der Waals surface area contributed by atoms with Crippen molar-refractivity contribution in [2.45, 2.75) is 32.6 Å². The zero-order chi connectivity index (χ0) is 14.0. The zero-order valence-electron chi connectivity index (χ0n) is 10.4. The molecule has 0 saturated carbocycles. The minimum absolute atomic E-state index is 0.00799. The second-order valence-electron chi connectivity index (χ2n) is 3.73. The summed E-state index contributed by atoms with van der Waals surface area (Å²) in [4.78, 5) is 34.6. The highest BCUT2D eigenvalue weighted by molar-refractivity contribution is 5.94. The predicted octanol–water partition coefficient (Wildman–Crippen LogP) is 0.823. The van der Waals surface area contributed by atoms with Crippen LogP contribution in [-0.2, 0) is 9.59 Å². The van der Waals surface area contributed by atoms with Gasteiger partial charge in [0.2, 0.25) is 5.91 Å². The number of terminal acetylenes is 1. The number of urea groups is 1. The normalized spacial score (nSPS) is 9.33. The fraction of sp³-hybridized carbons (Fsp3) is 0.583. The minimum Gasteiger partial charge on any atom is -0.481 e. The number of carboxylic acids is 1. The maximum atomic E-state index is 11.6. The predicted molar refractivity (Wildman–Crippen MR) is 65.7 cm³/mol. The monoisotopic (exact) mass is 254 g/mol. The van der Waals surface area contributed by atoms with E-state index in [4.69, 9.17) is 11.5 Å². The van der Waals surface area contributed by atoms with Crippen LogP contribution in [0.25, 0.3) is 0 Å². The van der Waals surface area contributed by atoms with E-state index in [0.717, 1.165) is 6.42 Å². The fourth-order valence-corrected chi connectivity index (χ4v) is 1.29. The molecule has 0 heterocycles. The summed E-state index contributed by atoms with van der Waals surface area (Å²) >= 11 is 0. The Hall–Kier alpha value is -2.03. The van der Waals surface area contributed by atoms with E-state index in [2.05, 4.69) is 11.2 Å². The van der Waals surface area contributed by atoms with Crippen molar-refractivity contribution in [3.8, 4) is 12.3 Å². The lowest BCUT2D eigenvalue weighted by atomic mass is 10.2. The van der Waals surface area contributed by atoms with E-state index in [9.17, 15) is 14.4 Å². The van der Waals surface area contributed by atoms with Crippen LogP contribution in [0.5, 0.6) is 0 Å². The second kappa shape index (κ2) is 9.05. The molecule has 6 nitrogen and oxygen atoms in total.